The molecule has 3 aromatic rings. The van der Waals surface area contributed by atoms with Gasteiger partial charge in [-0.05, 0) is 47.2 Å². The van der Waals surface area contributed by atoms with Gasteiger partial charge in [-0.15, -0.1) is 6.42 Å². The van der Waals surface area contributed by atoms with Crippen LogP contribution in [0.4, 0.5) is 10.1 Å². The minimum Gasteiger partial charge on any atom is -0.379 e. The number of nitro groups is 1. The molecule has 0 heterocycles. The zero-order valence-corrected chi connectivity index (χ0v) is 16.4. The van der Waals surface area contributed by atoms with Gasteiger partial charge in [-0.2, -0.15) is 8.42 Å². The molecule has 0 spiro atoms. The lowest BCUT2D eigenvalue weighted by atomic mass is 9.92. The Morgan fingerprint density at radius 2 is 1.79 bits per heavy atom. The van der Waals surface area contributed by atoms with Gasteiger partial charge < -0.3 is 4.18 Å². The maximum absolute atomic E-state index is 14.1. The van der Waals surface area contributed by atoms with Crippen LogP contribution >= 0.6 is 0 Å². The second-order valence-electron chi connectivity index (χ2n) is 6.62. The van der Waals surface area contributed by atoms with Crippen LogP contribution in [0.25, 0.3) is 10.8 Å². The van der Waals surface area contributed by atoms with Crippen LogP contribution in [0.1, 0.15) is 30.9 Å². The fraction of sp³-hybridized carbons (Fsp3) is 0.143. The number of hydrogen-bond donors (Lipinski definition) is 0. The van der Waals surface area contributed by atoms with E-state index in [0.717, 1.165) is 24.3 Å². The van der Waals surface area contributed by atoms with Gasteiger partial charge in [0.25, 0.3) is 5.69 Å². The van der Waals surface area contributed by atoms with Crippen LogP contribution in [0.3, 0.4) is 0 Å². The van der Waals surface area contributed by atoms with Gasteiger partial charge in [-0.3, -0.25) is 10.1 Å². The van der Waals surface area contributed by atoms with Crippen molar-refractivity contribution in [3.8, 4) is 18.1 Å². The topological polar surface area (TPSA) is 86.5 Å². The van der Waals surface area contributed by atoms with Crippen LogP contribution in [-0.4, -0.2) is 13.3 Å². The zero-order valence-electron chi connectivity index (χ0n) is 15.5. The average molecular weight is 413 g/mol. The molecule has 3 aromatic carbocycles. The Labute approximate surface area is 167 Å². The quantitative estimate of drug-likeness (QED) is 0.261. The predicted octanol–water partition coefficient (Wildman–Crippen LogP) is 4.76. The van der Waals surface area contributed by atoms with Gasteiger partial charge in [0, 0.05) is 17.5 Å². The number of hydrogen-bond acceptors (Lipinski definition) is 5. The van der Waals surface area contributed by atoms with Crippen molar-refractivity contribution in [3.05, 3.63) is 75.6 Å². The molecule has 0 amide bonds. The second kappa shape index (κ2) is 7.53. The van der Waals surface area contributed by atoms with Crippen molar-refractivity contribution in [2.24, 2.45) is 0 Å². The molecule has 29 heavy (non-hydrogen) atoms. The number of halogens is 1. The Morgan fingerprint density at radius 3 is 2.34 bits per heavy atom. The summed E-state index contributed by atoms with van der Waals surface area (Å²) in [5.74, 6) is 1.77. The van der Waals surface area contributed by atoms with E-state index in [1.165, 1.54) is 24.3 Å². The molecule has 3 rings (SSSR count). The summed E-state index contributed by atoms with van der Waals surface area (Å²) >= 11 is 0. The molecule has 0 aromatic heterocycles. The van der Waals surface area contributed by atoms with E-state index in [1.807, 2.05) is 13.8 Å². The molecule has 8 heteroatoms. The Hall–Kier alpha value is -3.44. The largest absolute Gasteiger partial charge is 0.379 e. The molecule has 0 fully saturated rings. The minimum absolute atomic E-state index is 0.0362. The van der Waals surface area contributed by atoms with E-state index in [0.29, 0.717) is 16.3 Å². The third kappa shape index (κ3) is 3.91. The van der Waals surface area contributed by atoms with E-state index in [4.69, 9.17) is 10.6 Å². The molecule has 0 N–H and O–H groups in total. The first kappa shape index (κ1) is 20.3. The van der Waals surface area contributed by atoms with Gasteiger partial charge in [-0.1, -0.05) is 25.8 Å². The summed E-state index contributed by atoms with van der Waals surface area (Å²) < 4.78 is 44.6. The van der Waals surface area contributed by atoms with Gasteiger partial charge >= 0.3 is 10.1 Å². The summed E-state index contributed by atoms with van der Waals surface area (Å²) in [6.45, 7) is 3.74. The SMILES string of the molecule is C#Cc1c(F)ccc2cc(OS(=O)(=O)c3ccc([N+](=O)[O-])cc3)cc(C(C)C)c12. The molecule has 0 aliphatic rings. The molecule has 0 aliphatic carbocycles. The molecule has 6 nitrogen and oxygen atoms in total. The summed E-state index contributed by atoms with van der Waals surface area (Å²) in [6, 6.07) is 10.1. The highest BCUT2D eigenvalue weighted by Crippen LogP contribution is 2.34. The number of rotatable bonds is 5. The van der Waals surface area contributed by atoms with E-state index in [1.54, 1.807) is 0 Å². The van der Waals surface area contributed by atoms with Crippen LogP contribution in [0, 0.1) is 28.3 Å². The molecular weight excluding hydrogens is 397 g/mol. The Morgan fingerprint density at radius 1 is 1.14 bits per heavy atom. The molecule has 0 bridgehead atoms. The van der Waals surface area contributed by atoms with E-state index < -0.39 is 20.9 Å². The van der Waals surface area contributed by atoms with Crippen molar-refractivity contribution in [1.82, 2.24) is 0 Å². The first-order valence-electron chi connectivity index (χ1n) is 8.55. The highest BCUT2D eigenvalue weighted by atomic mass is 32.2. The zero-order chi connectivity index (χ0) is 21.3. The number of benzene rings is 3. The van der Waals surface area contributed by atoms with Gasteiger partial charge in [0.2, 0.25) is 0 Å². The number of nitro benzene ring substituents is 1. The lowest BCUT2D eigenvalue weighted by Crippen LogP contribution is -2.10. The van der Waals surface area contributed by atoms with Gasteiger partial charge in [0.15, 0.2) is 0 Å². The molecular formula is C21H16FNO5S. The summed E-state index contributed by atoms with van der Waals surface area (Å²) in [5, 5.41) is 11.8. The second-order valence-corrected chi connectivity index (χ2v) is 8.17. The van der Waals surface area contributed by atoms with Crippen molar-refractivity contribution < 1.29 is 21.9 Å². The first-order chi connectivity index (χ1) is 13.6. The van der Waals surface area contributed by atoms with E-state index in [2.05, 4.69) is 5.92 Å². The predicted molar refractivity (Wildman–Crippen MR) is 107 cm³/mol. The Bertz CT molecular complexity index is 1260. The van der Waals surface area contributed by atoms with E-state index in [-0.39, 0.29) is 27.8 Å². The molecule has 0 aliphatic heterocycles. The minimum atomic E-state index is -4.23. The van der Waals surface area contributed by atoms with Crippen LogP contribution in [-0.2, 0) is 10.1 Å². The fourth-order valence-electron chi connectivity index (χ4n) is 3.00. The third-order valence-electron chi connectivity index (χ3n) is 4.38. The summed E-state index contributed by atoms with van der Waals surface area (Å²) in [6.07, 6.45) is 5.47. The molecule has 0 radical (unpaired) electrons. The van der Waals surface area contributed by atoms with Crippen molar-refractivity contribution in [1.29, 1.82) is 0 Å². The molecule has 148 valence electrons. The molecule has 0 atom stereocenters. The monoisotopic (exact) mass is 413 g/mol. The van der Waals surface area contributed by atoms with Gasteiger partial charge in [0.1, 0.15) is 16.5 Å². The Balaban J connectivity index is 2.10. The van der Waals surface area contributed by atoms with Crippen molar-refractivity contribution in [2.45, 2.75) is 24.7 Å². The fourth-order valence-corrected chi connectivity index (χ4v) is 3.91. The van der Waals surface area contributed by atoms with Crippen LogP contribution in [0.2, 0.25) is 0 Å². The highest BCUT2D eigenvalue weighted by molar-refractivity contribution is 7.87. The summed E-state index contributed by atoms with van der Waals surface area (Å²) in [5.41, 5.74) is 0.514. The normalized spacial score (nSPS) is 11.4. The third-order valence-corrected chi connectivity index (χ3v) is 5.64. The van der Waals surface area contributed by atoms with Crippen LogP contribution < -0.4 is 4.18 Å². The number of non-ortho nitro benzene ring substituents is 1. The highest BCUT2D eigenvalue weighted by Gasteiger charge is 2.21. The van der Waals surface area contributed by atoms with Gasteiger partial charge in [0.05, 0.1) is 10.5 Å². The van der Waals surface area contributed by atoms with Crippen LogP contribution in [0.15, 0.2) is 53.4 Å². The smallest absolute Gasteiger partial charge is 0.339 e. The molecule has 0 saturated carbocycles. The lowest BCUT2D eigenvalue weighted by molar-refractivity contribution is -0.384. The van der Waals surface area contributed by atoms with Crippen molar-refractivity contribution in [2.75, 3.05) is 0 Å². The van der Waals surface area contributed by atoms with Crippen molar-refractivity contribution >= 4 is 26.6 Å². The lowest BCUT2D eigenvalue weighted by Gasteiger charge is -2.15. The van der Waals surface area contributed by atoms with Crippen LogP contribution in [0.5, 0.6) is 5.75 Å². The maximum Gasteiger partial charge on any atom is 0.339 e. The Kier molecular flexibility index (Phi) is 5.27. The number of fused-ring (bicyclic) bond motifs is 1. The van der Waals surface area contributed by atoms with E-state index in [9.17, 15) is 22.9 Å². The maximum atomic E-state index is 14.1. The van der Waals surface area contributed by atoms with Gasteiger partial charge in [-0.25, -0.2) is 4.39 Å². The number of nitrogens with zero attached hydrogens (tertiary/aromatic N) is 1. The summed E-state index contributed by atoms with van der Waals surface area (Å²) in [7, 11) is -4.23. The standard InChI is InChI=1S/C21H16FNO5S/c1-4-18-20(22)10-5-14-11-16(12-19(13(2)3)21(14)18)28-29(26,27)17-8-6-15(7-9-17)23(24)25/h1,5-13H,2-3H3. The van der Waals surface area contributed by atoms with E-state index >= 15 is 0 Å². The average Bonchev–Trinajstić information content (AvgIpc) is 2.67. The molecule has 0 saturated heterocycles. The number of terminal acetylenes is 1. The first-order valence-corrected chi connectivity index (χ1v) is 9.96. The summed E-state index contributed by atoms with van der Waals surface area (Å²) in [4.78, 5) is 9.89. The van der Waals surface area contributed by atoms with Crippen molar-refractivity contribution in [3.63, 3.8) is 0 Å². The molecule has 0 unspecified atom stereocenters.